The SMILES string of the molecule is CCc1ccc(-c2ccccc2C(=O)Nc2ccc(N3CCC(C(C(=O)OC)c4ccccc4)CC3)cc2)cc1.COC(=O)C(c1ccccc1)C1CCN(c2ccc(NC(=O)c3cccc(C)c3-c3ccc(C(C)(C)C)cc3)cc2)CC1. The van der Waals surface area contributed by atoms with Gasteiger partial charge < -0.3 is 29.9 Å². The van der Waals surface area contributed by atoms with Crippen LogP contribution in [-0.2, 0) is 30.9 Å². The number of hydrogen-bond acceptors (Lipinski definition) is 8. The minimum absolute atomic E-state index is 0.0696. The van der Waals surface area contributed by atoms with Gasteiger partial charge in [0.15, 0.2) is 0 Å². The maximum atomic E-state index is 13.5. The Balaban J connectivity index is 0.000000200. The van der Waals surface area contributed by atoms with Crippen molar-refractivity contribution in [3.63, 3.8) is 0 Å². The normalized spacial score (nSPS) is 14.5. The molecule has 2 aliphatic rings. The van der Waals surface area contributed by atoms with Gasteiger partial charge in [0.05, 0.1) is 26.1 Å². The number of carbonyl (C=O) groups excluding carboxylic acids is 4. The number of piperidine rings is 2. The molecule has 2 atom stereocenters. The van der Waals surface area contributed by atoms with Gasteiger partial charge in [0.1, 0.15) is 0 Å². The molecule has 0 saturated carbocycles. The molecule has 2 saturated heterocycles. The second kappa shape index (κ2) is 27.3. The molecule has 0 aromatic heterocycles. The first-order valence-corrected chi connectivity index (χ1v) is 29.2. The molecule has 2 aliphatic heterocycles. The van der Waals surface area contributed by atoms with Crippen LogP contribution in [0.2, 0.25) is 0 Å². The van der Waals surface area contributed by atoms with Crippen LogP contribution in [0.15, 0.2) is 200 Å². The van der Waals surface area contributed by atoms with Crippen molar-refractivity contribution in [2.75, 3.05) is 60.8 Å². The van der Waals surface area contributed by atoms with Gasteiger partial charge >= 0.3 is 11.9 Å². The molecule has 10 heteroatoms. The Bertz CT molecular complexity index is 3430. The molecular formula is C73H78N4O6. The van der Waals surface area contributed by atoms with Crippen molar-refractivity contribution in [2.24, 2.45) is 11.8 Å². The van der Waals surface area contributed by atoms with E-state index in [-0.39, 0.29) is 52.8 Å². The molecule has 10 nitrogen and oxygen atoms in total. The molecule has 8 aromatic rings. The van der Waals surface area contributed by atoms with Crippen molar-refractivity contribution < 1.29 is 28.7 Å². The first-order chi connectivity index (χ1) is 40.2. The topological polar surface area (TPSA) is 117 Å². The molecule has 0 aliphatic carbocycles. The highest BCUT2D eigenvalue weighted by Gasteiger charge is 2.35. The number of anilines is 4. The van der Waals surface area contributed by atoms with Gasteiger partial charge in [0, 0.05) is 60.1 Å². The fourth-order valence-corrected chi connectivity index (χ4v) is 11.9. The number of nitrogens with zero attached hydrogens (tertiary/aromatic N) is 2. The molecule has 2 amide bonds. The summed E-state index contributed by atoms with van der Waals surface area (Å²) in [4.78, 5) is 56.8. The number of rotatable bonds is 15. The lowest BCUT2D eigenvalue weighted by atomic mass is 9.80. The molecule has 2 heterocycles. The summed E-state index contributed by atoms with van der Waals surface area (Å²) in [6, 6.07) is 66.5. The van der Waals surface area contributed by atoms with Gasteiger partial charge in [0.25, 0.3) is 11.8 Å². The molecule has 8 aromatic carbocycles. The standard InChI is InChI=1S/C38H42N2O3.C35H36N2O3/c1-26-10-9-13-33(34(26)28-14-16-30(17-15-28)38(2,3)4)36(41)39-31-18-20-32(21-19-31)40-24-22-29(23-25-40)35(37(42)43-5)27-11-7-6-8-12-27;1-3-25-13-15-26(16-14-25)31-11-7-8-12-32(31)34(38)36-29-17-19-30(20-18-29)37-23-21-28(22-24-37)33(35(39)40-2)27-9-5-4-6-10-27/h6-21,29,35H,22-25H2,1-5H3,(H,39,41);4-20,28,33H,3,21-24H2,1-2H3,(H,36,38). The van der Waals surface area contributed by atoms with Gasteiger partial charge in [-0.1, -0.05) is 167 Å². The molecule has 2 unspecified atom stereocenters. The van der Waals surface area contributed by atoms with E-state index in [0.29, 0.717) is 11.1 Å². The monoisotopic (exact) mass is 1110 g/mol. The van der Waals surface area contributed by atoms with Crippen LogP contribution < -0.4 is 20.4 Å². The second-order valence-corrected chi connectivity index (χ2v) is 22.9. The van der Waals surface area contributed by atoms with Crippen molar-refractivity contribution in [1.29, 1.82) is 0 Å². The van der Waals surface area contributed by atoms with E-state index >= 15 is 0 Å². The number of ether oxygens (including phenoxy) is 2. The van der Waals surface area contributed by atoms with Crippen molar-refractivity contribution in [2.45, 2.75) is 84.0 Å². The Morgan fingerprint density at radius 1 is 0.494 bits per heavy atom. The fourth-order valence-electron chi connectivity index (χ4n) is 11.9. The smallest absolute Gasteiger partial charge is 0.313 e. The summed E-state index contributed by atoms with van der Waals surface area (Å²) in [5.74, 6) is -0.582. The summed E-state index contributed by atoms with van der Waals surface area (Å²) in [6.45, 7) is 14.2. The van der Waals surface area contributed by atoms with Crippen LogP contribution in [0, 0.1) is 18.8 Å². The molecule has 10 rings (SSSR count). The van der Waals surface area contributed by atoms with E-state index < -0.39 is 0 Å². The van der Waals surface area contributed by atoms with E-state index in [0.717, 1.165) is 120 Å². The minimum atomic E-state index is -0.242. The summed E-state index contributed by atoms with van der Waals surface area (Å²) in [7, 11) is 2.94. The van der Waals surface area contributed by atoms with Crippen LogP contribution in [0.25, 0.3) is 22.3 Å². The summed E-state index contributed by atoms with van der Waals surface area (Å²) >= 11 is 0. The maximum Gasteiger partial charge on any atom is 0.313 e. The lowest BCUT2D eigenvalue weighted by Crippen LogP contribution is -2.37. The van der Waals surface area contributed by atoms with E-state index in [1.807, 2.05) is 121 Å². The molecule has 426 valence electrons. The van der Waals surface area contributed by atoms with Crippen molar-refractivity contribution in [3.8, 4) is 22.3 Å². The van der Waals surface area contributed by atoms with Crippen molar-refractivity contribution in [1.82, 2.24) is 0 Å². The first-order valence-electron chi connectivity index (χ1n) is 29.2. The summed E-state index contributed by atoms with van der Waals surface area (Å²) in [5, 5.41) is 6.18. The Kier molecular flexibility index (Phi) is 19.4. The van der Waals surface area contributed by atoms with Crippen LogP contribution in [0.5, 0.6) is 0 Å². The van der Waals surface area contributed by atoms with E-state index in [1.165, 1.54) is 25.3 Å². The quantitative estimate of drug-likeness (QED) is 0.0975. The minimum Gasteiger partial charge on any atom is -0.469 e. The number of benzene rings is 8. The molecule has 0 radical (unpaired) electrons. The lowest BCUT2D eigenvalue weighted by molar-refractivity contribution is -0.145. The van der Waals surface area contributed by atoms with Crippen LogP contribution >= 0.6 is 0 Å². The largest absolute Gasteiger partial charge is 0.469 e. The third kappa shape index (κ3) is 14.5. The molecule has 83 heavy (non-hydrogen) atoms. The number of amides is 2. The highest BCUT2D eigenvalue weighted by Crippen LogP contribution is 2.38. The third-order valence-electron chi connectivity index (χ3n) is 16.6. The van der Waals surface area contributed by atoms with E-state index in [2.05, 4.69) is 134 Å². The zero-order chi connectivity index (χ0) is 58.5. The van der Waals surface area contributed by atoms with Gasteiger partial charge in [-0.15, -0.1) is 0 Å². The predicted octanol–water partition coefficient (Wildman–Crippen LogP) is 15.7. The van der Waals surface area contributed by atoms with Gasteiger partial charge in [-0.05, 0) is 167 Å². The number of aryl methyl sites for hydroxylation is 2. The van der Waals surface area contributed by atoms with E-state index in [4.69, 9.17) is 9.47 Å². The number of nitrogens with one attached hydrogen (secondary N) is 2. The van der Waals surface area contributed by atoms with Crippen LogP contribution in [0.3, 0.4) is 0 Å². The maximum absolute atomic E-state index is 13.5. The van der Waals surface area contributed by atoms with Gasteiger partial charge in [0.2, 0.25) is 0 Å². The van der Waals surface area contributed by atoms with E-state index in [9.17, 15) is 19.2 Å². The zero-order valence-electron chi connectivity index (χ0n) is 49.1. The van der Waals surface area contributed by atoms with Crippen LogP contribution in [-0.4, -0.2) is 64.2 Å². The fraction of sp³-hybridized carbons (Fsp3) is 0.288. The van der Waals surface area contributed by atoms with Crippen LogP contribution in [0.1, 0.15) is 114 Å². The third-order valence-corrected chi connectivity index (χ3v) is 16.6. The van der Waals surface area contributed by atoms with Gasteiger partial charge in [-0.25, -0.2) is 0 Å². The Morgan fingerprint density at radius 3 is 1.36 bits per heavy atom. The van der Waals surface area contributed by atoms with E-state index in [1.54, 1.807) is 0 Å². The molecule has 2 fully saturated rings. The Labute approximate surface area is 490 Å². The average molecular weight is 1110 g/mol. The number of esters is 2. The Hall–Kier alpha value is -8.76. The lowest BCUT2D eigenvalue weighted by Gasteiger charge is -2.36. The number of methoxy groups -OCH3 is 2. The van der Waals surface area contributed by atoms with Crippen LogP contribution in [0.4, 0.5) is 22.7 Å². The highest BCUT2D eigenvalue weighted by atomic mass is 16.5. The predicted molar refractivity (Wildman–Crippen MR) is 338 cm³/mol. The number of carbonyl (C=O) groups is 4. The average Bonchev–Trinajstić information content (AvgIpc) is 3.58. The molecule has 2 N–H and O–H groups in total. The van der Waals surface area contributed by atoms with Crippen molar-refractivity contribution in [3.05, 3.63) is 239 Å². The first kappa shape index (κ1) is 58.9. The summed E-state index contributed by atoms with van der Waals surface area (Å²) in [6.07, 6.45) is 4.60. The summed E-state index contributed by atoms with van der Waals surface area (Å²) < 4.78 is 10.3. The second-order valence-electron chi connectivity index (χ2n) is 22.9. The molecular weight excluding hydrogens is 1030 g/mol. The zero-order valence-corrected chi connectivity index (χ0v) is 49.1. The highest BCUT2D eigenvalue weighted by molar-refractivity contribution is 6.10. The summed E-state index contributed by atoms with van der Waals surface area (Å²) in [5.41, 5.74) is 14.7. The van der Waals surface area contributed by atoms with Crippen molar-refractivity contribution >= 4 is 46.5 Å². The molecule has 0 bridgehead atoms. The van der Waals surface area contributed by atoms with Gasteiger partial charge in [-0.3, -0.25) is 19.2 Å². The molecule has 0 spiro atoms. The Morgan fingerprint density at radius 2 is 0.916 bits per heavy atom. The van der Waals surface area contributed by atoms with Gasteiger partial charge in [-0.2, -0.15) is 0 Å². The number of hydrogen-bond donors (Lipinski definition) is 2.